The number of methoxy groups -OCH3 is 1. The Kier molecular flexibility index (Phi) is 7.25. The van der Waals surface area contributed by atoms with Crippen molar-refractivity contribution < 1.29 is 32.0 Å². The van der Waals surface area contributed by atoms with Gasteiger partial charge < -0.3 is 18.8 Å². The second kappa shape index (κ2) is 10.6. The summed E-state index contributed by atoms with van der Waals surface area (Å²) in [7, 11) is 1.27. The summed E-state index contributed by atoms with van der Waals surface area (Å²) in [5.74, 6) is -1.12. The number of ether oxygens (including phenoxy) is 2. The number of halogens is 3. The van der Waals surface area contributed by atoms with Crippen LogP contribution in [0, 0.1) is 10.1 Å². The van der Waals surface area contributed by atoms with E-state index in [1.807, 2.05) is 11.0 Å². The molecular formula is C26H26F3N5O5. The number of nitro groups is 1. The Labute approximate surface area is 221 Å². The first-order valence-electron chi connectivity index (χ1n) is 12.5. The van der Waals surface area contributed by atoms with Gasteiger partial charge in [0.15, 0.2) is 0 Å². The van der Waals surface area contributed by atoms with E-state index in [1.165, 1.54) is 13.2 Å². The number of aromatic nitrogens is 3. The summed E-state index contributed by atoms with van der Waals surface area (Å²) in [6.45, 7) is 0.284. The number of hydrogen-bond acceptors (Lipinski definition) is 9. The van der Waals surface area contributed by atoms with Gasteiger partial charge in [-0.05, 0) is 37.7 Å². The summed E-state index contributed by atoms with van der Waals surface area (Å²) in [4.78, 5) is 17.7. The molecule has 2 aliphatic heterocycles. The third-order valence-electron chi connectivity index (χ3n) is 7.02. The minimum Gasteiger partial charge on any atom is -0.490 e. The van der Waals surface area contributed by atoms with Crippen molar-refractivity contribution >= 4 is 11.5 Å². The molecule has 0 radical (unpaired) electrons. The second-order valence-electron chi connectivity index (χ2n) is 9.38. The van der Waals surface area contributed by atoms with Gasteiger partial charge in [0.05, 0.1) is 18.6 Å². The van der Waals surface area contributed by atoms with E-state index in [0.29, 0.717) is 24.3 Å². The maximum atomic E-state index is 14.8. The zero-order chi connectivity index (χ0) is 27.6. The van der Waals surface area contributed by atoms with E-state index >= 15 is 0 Å². The highest BCUT2D eigenvalue weighted by molar-refractivity contribution is 5.72. The number of benzene rings is 1. The Bertz CT molecular complexity index is 1360. The van der Waals surface area contributed by atoms with Crippen LogP contribution in [0.5, 0.6) is 5.75 Å². The van der Waals surface area contributed by atoms with Crippen LogP contribution in [0.3, 0.4) is 0 Å². The van der Waals surface area contributed by atoms with Gasteiger partial charge in [-0.25, -0.2) is 4.98 Å². The van der Waals surface area contributed by atoms with E-state index in [4.69, 9.17) is 13.9 Å². The Morgan fingerprint density at radius 2 is 2.03 bits per heavy atom. The van der Waals surface area contributed by atoms with Gasteiger partial charge in [-0.2, -0.15) is 13.2 Å². The van der Waals surface area contributed by atoms with E-state index in [0.717, 1.165) is 12.8 Å². The number of anilines is 1. The van der Waals surface area contributed by atoms with Crippen molar-refractivity contribution in [3.63, 3.8) is 0 Å². The van der Waals surface area contributed by atoms with Crippen molar-refractivity contribution in [2.75, 3.05) is 18.6 Å². The monoisotopic (exact) mass is 545 g/mol. The average molecular weight is 546 g/mol. The maximum absolute atomic E-state index is 14.8. The van der Waals surface area contributed by atoms with Crippen molar-refractivity contribution in [3.05, 3.63) is 70.1 Å². The van der Waals surface area contributed by atoms with Crippen molar-refractivity contribution in [3.8, 4) is 17.3 Å². The molecule has 0 saturated carbocycles. The van der Waals surface area contributed by atoms with Gasteiger partial charge in [-0.15, -0.1) is 10.2 Å². The quantitative estimate of drug-likeness (QED) is 0.225. The first-order chi connectivity index (χ1) is 18.7. The first-order valence-corrected chi connectivity index (χ1v) is 12.5. The molecular weight excluding hydrogens is 519 g/mol. The third kappa shape index (κ3) is 5.05. The minimum atomic E-state index is -4.95. The molecule has 4 heterocycles. The Balaban J connectivity index is 1.68. The number of alkyl halides is 3. The van der Waals surface area contributed by atoms with Gasteiger partial charge in [0, 0.05) is 18.7 Å². The predicted octanol–water partition coefficient (Wildman–Crippen LogP) is 5.73. The largest absolute Gasteiger partial charge is 0.490 e. The van der Waals surface area contributed by atoms with Gasteiger partial charge in [0.2, 0.25) is 17.0 Å². The summed E-state index contributed by atoms with van der Waals surface area (Å²) >= 11 is 0. The SMILES string of the molecule is COc1cc2nc(c1[N+](=O)[O-])-c1nnc(o1)C(OCc1ccccc1)(C(F)(F)F)CC/C=C\C[C@@H]1CCCN21. The number of pyridine rings is 1. The van der Waals surface area contributed by atoms with Crippen LogP contribution >= 0.6 is 0 Å². The number of fused-ring (bicyclic) bond motifs is 7. The molecule has 0 spiro atoms. The molecule has 39 heavy (non-hydrogen) atoms. The lowest BCUT2D eigenvalue weighted by Gasteiger charge is -2.32. The molecule has 206 valence electrons. The van der Waals surface area contributed by atoms with Crippen molar-refractivity contribution in [1.82, 2.24) is 15.2 Å². The van der Waals surface area contributed by atoms with E-state index in [2.05, 4.69) is 15.2 Å². The Morgan fingerprint density at radius 3 is 2.74 bits per heavy atom. The van der Waals surface area contributed by atoms with Crippen LogP contribution in [0.15, 0.2) is 53.0 Å². The standard InChI is InChI=1S/C26H26F3N5O5/c1-37-19-15-20-30-21(22(19)34(35)36)23-31-32-24(39-23)25(26(27,28)29,38-16-17-9-4-2-5-10-17)13-7-3-6-11-18-12-8-14-33(18)20/h2-6,9-10,15,18H,7-8,11-14,16H2,1H3/b6-3-/t18-,25?/m1/s1. The molecule has 1 aromatic carbocycles. The van der Waals surface area contributed by atoms with Crippen molar-refractivity contribution in [2.24, 2.45) is 0 Å². The van der Waals surface area contributed by atoms with Crippen LogP contribution in [0.4, 0.5) is 24.7 Å². The number of nitrogens with zero attached hydrogens (tertiary/aromatic N) is 5. The highest BCUT2D eigenvalue weighted by Crippen LogP contribution is 2.47. The molecule has 10 nitrogen and oxygen atoms in total. The predicted molar refractivity (Wildman–Crippen MR) is 133 cm³/mol. The lowest BCUT2D eigenvalue weighted by atomic mass is 9.95. The first kappa shape index (κ1) is 26.6. The highest BCUT2D eigenvalue weighted by atomic mass is 19.4. The Morgan fingerprint density at radius 1 is 1.23 bits per heavy atom. The van der Waals surface area contributed by atoms with Crippen LogP contribution in [-0.2, 0) is 16.9 Å². The molecule has 2 aliphatic rings. The molecule has 3 aromatic rings. The van der Waals surface area contributed by atoms with Gasteiger partial charge in [-0.1, -0.05) is 42.5 Å². The maximum Gasteiger partial charge on any atom is 0.426 e. The summed E-state index contributed by atoms with van der Waals surface area (Å²) < 4.78 is 61.0. The molecule has 1 unspecified atom stereocenters. The van der Waals surface area contributed by atoms with Crippen LogP contribution in [-0.4, -0.2) is 46.0 Å². The molecule has 2 atom stereocenters. The molecule has 0 amide bonds. The number of rotatable bonds is 5. The summed E-state index contributed by atoms with van der Waals surface area (Å²) in [6.07, 6.45) is 0.348. The van der Waals surface area contributed by atoms with E-state index in [1.54, 1.807) is 36.4 Å². The molecule has 2 aromatic heterocycles. The second-order valence-corrected chi connectivity index (χ2v) is 9.38. The van der Waals surface area contributed by atoms with Gasteiger partial charge in [0.25, 0.3) is 11.8 Å². The van der Waals surface area contributed by atoms with Crippen LogP contribution < -0.4 is 9.64 Å². The fourth-order valence-electron chi connectivity index (χ4n) is 5.02. The van der Waals surface area contributed by atoms with Gasteiger partial charge in [-0.3, -0.25) is 10.1 Å². The van der Waals surface area contributed by atoms with E-state index in [9.17, 15) is 23.3 Å². The number of hydrogen-bond donors (Lipinski definition) is 0. The molecule has 5 rings (SSSR count). The van der Waals surface area contributed by atoms with Crippen LogP contribution in [0.2, 0.25) is 0 Å². The van der Waals surface area contributed by atoms with Crippen LogP contribution in [0.1, 0.15) is 43.6 Å². The zero-order valence-corrected chi connectivity index (χ0v) is 21.1. The fourth-order valence-corrected chi connectivity index (χ4v) is 5.02. The molecule has 4 bridgehead atoms. The van der Waals surface area contributed by atoms with Gasteiger partial charge in [0.1, 0.15) is 5.82 Å². The van der Waals surface area contributed by atoms with E-state index < -0.39 is 40.6 Å². The topological polar surface area (TPSA) is 117 Å². The summed E-state index contributed by atoms with van der Waals surface area (Å²) in [5.41, 5.74) is -3.39. The normalized spacial score (nSPS) is 22.2. The lowest BCUT2D eigenvalue weighted by Crippen LogP contribution is -2.45. The zero-order valence-electron chi connectivity index (χ0n) is 21.1. The minimum absolute atomic E-state index is 0.00986. The molecule has 1 fully saturated rings. The summed E-state index contributed by atoms with van der Waals surface area (Å²) in [5, 5.41) is 19.5. The molecule has 13 heteroatoms. The molecule has 1 saturated heterocycles. The third-order valence-corrected chi connectivity index (χ3v) is 7.02. The average Bonchev–Trinajstić information content (AvgIpc) is 3.59. The molecule has 0 aliphatic carbocycles. The Hall–Kier alpha value is -4.00. The number of allylic oxidation sites excluding steroid dienone is 1. The molecule has 0 N–H and O–H groups in total. The highest BCUT2D eigenvalue weighted by Gasteiger charge is 2.61. The smallest absolute Gasteiger partial charge is 0.426 e. The van der Waals surface area contributed by atoms with E-state index in [-0.39, 0.29) is 30.5 Å². The van der Waals surface area contributed by atoms with Crippen molar-refractivity contribution in [1.29, 1.82) is 0 Å². The van der Waals surface area contributed by atoms with Crippen molar-refractivity contribution in [2.45, 2.75) is 56.5 Å². The fraction of sp³-hybridized carbons (Fsp3) is 0.423. The lowest BCUT2D eigenvalue weighted by molar-refractivity contribution is -0.385. The van der Waals surface area contributed by atoms with Gasteiger partial charge >= 0.3 is 11.9 Å². The summed E-state index contributed by atoms with van der Waals surface area (Å²) in [6, 6.07) is 9.88. The van der Waals surface area contributed by atoms with Crippen LogP contribution in [0.25, 0.3) is 11.6 Å².